The molecule has 3 fully saturated rings. The summed E-state index contributed by atoms with van der Waals surface area (Å²) in [4.78, 5) is 17.6. The van der Waals surface area contributed by atoms with E-state index in [1.165, 1.54) is 7.11 Å². The molecule has 0 spiro atoms. The molecular weight excluding hydrogens is 450 g/mol. The quantitative estimate of drug-likeness (QED) is 0.358. The monoisotopic (exact) mass is 487 g/mol. The first kappa shape index (κ1) is 24.3. The molecule has 0 atom stereocenters. The van der Waals surface area contributed by atoms with Crippen LogP contribution in [0.25, 0.3) is 16.9 Å². The minimum Gasteiger partial charge on any atom is -0.469 e. The summed E-state index contributed by atoms with van der Waals surface area (Å²) in [5, 5.41) is 5.05. The molecule has 3 aliphatic rings. The molecule has 0 amide bonds. The van der Waals surface area contributed by atoms with E-state index in [2.05, 4.69) is 39.8 Å². The lowest BCUT2D eigenvalue weighted by Gasteiger charge is -2.51. The summed E-state index contributed by atoms with van der Waals surface area (Å²) in [6.45, 7) is 8.52. The third kappa shape index (κ3) is 3.59. The number of aromatic nitrogens is 3. The van der Waals surface area contributed by atoms with Crippen molar-refractivity contribution in [3.63, 3.8) is 0 Å². The Morgan fingerprint density at radius 3 is 2.28 bits per heavy atom. The van der Waals surface area contributed by atoms with Crippen molar-refractivity contribution in [2.45, 2.75) is 77.6 Å². The largest absolute Gasteiger partial charge is 0.469 e. The van der Waals surface area contributed by atoms with Crippen LogP contribution in [-0.4, -0.2) is 27.8 Å². The third-order valence-electron chi connectivity index (χ3n) is 8.83. The highest BCUT2D eigenvalue weighted by atomic mass is 16.5. The van der Waals surface area contributed by atoms with Gasteiger partial charge in [-0.05, 0) is 76.5 Å². The van der Waals surface area contributed by atoms with Gasteiger partial charge in [0.1, 0.15) is 0 Å². The molecule has 1 aromatic carbocycles. The lowest BCUT2D eigenvalue weighted by Crippen LogP contribution is -2.48. The van der Waals surface area contributed by atoms with Gasteiger partial charge in [0.15, 0.2) is 0 Å². The zero-order valence-corrected chi connectivity index (χ0v) is 22.0. The maximum atomic E-state index is 12.4. The molecule has 3 aliphatic carbocycles. The van der Waals surface area contributed by atoms with E-state index in [1.54, 1.807) is 0 Å². The number of hydrogen-bond acceptors (Lipinski definition) is 6. The van der Waals surface area contributed by atoms with Gasteiger partial charge in [-0.1, -0.05) is 26.0 Å². The molecule has 2 bridgehead atoms. The number of para-hydroxylation sites is 1. The molecular formula is C29H37N5O2. The standard InChI is InChI=1S/C29H37N5O2/c1-17(2)24-19(4)34(33-26(24)20-7-6-8-21(30)25(20)31)22-9-10-23(32-18(22)3)28-11-14-29(15-12-28,16-13-28)27(35)36-5/h6-10,17H,11-16,30-31H2,1-5H3. The number of aryl methyl sites for hydroxylation is 1. The number of benzene rings is 1. The lowest BCUT2D eigenvalue weighted by molar-refractivity contribution is -0.160. The molecule has 190 valence electrons. The number of carbonyl (C=O) groups excluding carboxylic acids is 1. The third-order valence-corrected chi connectivity index (χ3v) is 8.83. The van der Waals surface area contributed by atoms with Gasteiger partial charge in [-0.3, -0.25) is 9.78 Å². The molecule has 0 radical (unpaired) electrons. The number of anilines is 2. The predicted octanol–water partition coefficient (Wildman–Crippen LogP) is 5.60. The van der Waals surface area contributed by atoms with Gasteiger partial charge < -0.3 is 16.2 Å². The van der Waals surface area contributed by atoms with Gasteiger partial charge >= 0.3 is 5.97 Å². The van der Waals surface area contributed by atoms with E-state index < -0.39 is 0 Å². The zero-order valence-electron chi connectivity index (χ0n) is 22.0. The Hall–Kier alpha value is -3.35. The molecule has 2 heterocycles. The number of pyridine rings is 1. The van der Waals surface area contributed by atoms with E-state index >= 15 is 0 Å². The number of carbonyl (C=O) groups is 1. The van der Waals surface area contributed by atoms with Crippen LogP contribution in [0.4, 0.5) is 11.4 Å². The molecule has 6 rings (SSSR count). The number of nitrogens with zero attached hydrogens (tertiary/aromatic N) is 3. The van der Waals surface area contributed by atoms with Gasteiger partial charge in [0.25, 0.3) is 0 Å². The smallest absolute Gasteiger partial charge is 0.311 e. The minimum absolute atomic E-state index is 0.0398. The second-order valence-corrected chi connectivity index (χ2v) is 11.1. The zero-order chi connectivity index (χ0) is 25.8. The number of nitrogen functional groups attached to an aromatic ring is 2. The Kier molecular flexibility index (Phi) is 5.85. The fourth-order valence-corrected chi connectivity index (χ4v) is 6.59. The van der Waals surface area contributed by atoms with Crippen molar-refractivity contribution in [1.82, 2.24) is 14.8 Å². The number of nitrogens with two attached hydrogens (primary N) is 2. The van der Waals surface area contributed by atoms with Crippen LogP contribution < -0.4 is 11.5 Å². The number of ether oxygens (including phenoxy) is 1. The number of hydrogen-bond donors (Lipinski definition) is 2. The van der Waals surface area contributed by atoms with Crippen LogP contribution in [0.1, 0.15) is 80.9 Å². The summed E-state index contributed by atoms with van der Waals surface area (Å²) >= 11 is 0. The molecule has 3 aromatic rings. The Balaban J connectivity index is 1.52. The molecule has 7 nitrogen and oxygen atoms in total. The van der Waals surface area contributed by atoms with Crippen molar-refractivity contribution < 1.29 is 9.53 Å². The van der Waals surface area contributed by atoms with Gasteiger partial charge in [0, 0.05) is 27.9 Å². The fraction of sp³-hybridized carbons (Fsp3) is 0.483. The van der Waals surface area contributed by atoms with Gasteiger partial charge in [-0.2, -0.15) is 5.10 Å². The van der Waals surface area contributed by atoms with Crippen molar-refractivity contribution in [3.8, 4) is 16.9 Å². The van der Waals surface area contributed by atoms with Crippen molar-refractivity contribution in [2.24, 2.45) is 5.41 Å². The number of esters is 1. The van der Waals surface area contributed by atoms with Crippen LogP contribution in [0, 0.1) is 19.3 Å². The first-order chi connectivity index (χ1) is 17.1. The van der Waals surface area contributed by atoms with Crippen LogP contribution in [0.15, 0.2) is 30.3 Å². The summed E-state index contributed by atoms with van der Waals surface area (Å²) in [7, 11) is 1.51. The summed E-state index contributed by atoms with van der Waals surface area (Å²) < 4.78 is 7.14. The van der Waals surface area contributed by atoms with Crippen molar-refractivity contribution in [2.75, 3.05) is 18.6 Å². The maximum absolute atomic E-state index is 12.4. The van der Waals surface area contributed by atoms with Gasteiger partial charge in [-0.15, -0.1) is 0 Å². The minimum atomic E-state index is -0.288. The van der Waals surface area contributed by atoms with Crippen molar-refractivity contribution >= 4 is 17.3 Å². The lowest BCUT2D eigenvalue weighted by atomic mass is 9.52. The number of rotatable bonds is 5. The van der Waals surface area contributed by atoms with Crippen LogP contribution >= 0.6 is 0 Å². The summed E-state index contributed by atoms with van der Waals surface area (Å²) in [5.41, 5.74) is 20.4. The Bertz CT molecular complexity index is 1320. The van der Waals surface area contributed by atoms with E-state index in [4.69, 9.17) is 26.3 Å². The fourth-order valence-electron chi connectivity index (χ4n) is 6.59. The molecule has 2 aromatic heterocycles. The SMILES string of the molecule is COC(=O)C12CCC(c3ccc(-n4nc(-c5cccc(N)c5N)c(C(C)C)c4C)c(C)n3)(CC1)CC2. The van der Waals surface area contributed by atoms with E-state index in [-0.39, 0.29) is 22.7 Å². The molecule has 0 unspecified atom stereocenters. The molecule has 0 saturated heterocycles. The molecule has 7 heteroatoms. The van der Waals surface area contributed by atoms with E-state index in [0.29, 0.717) is 11.4 Å². The molecule has 36 heavy (non-hydrogen) atoms. The number of methoxy groups -OCH3 is 1. The van der Waals surface area contributed by atoms with Gasteiger partial charge in [-0.25, -0.2) is 4.68 Å². The number of fused-ring (bicyclic) bond motifs is 3. The first-order valence-corrected chi connectivity index (χ1v) is 12.9. The Morgan fingerprint density at radius 1 is 1.03 bits per heavy atom. The van der Waals surface area contributed by atoms with Crippen molar-refractivity contribution in [3.05, 3.63) is 53.0 Å². The van der Waals surface area contributed by atoms with Crippen LogP contribution in [0.5, 0.6) is 0 Å². The topological polar surface area (TPSA) is 109 Å². The normalized spacial score (nSPS) is 23.3. The second-order valence-electron chi connectivity index (χ2n) is 11.1. The molecule has 0 aliphatic heterocycles. The second kappa shape index (κ2) is 8.64. The van der Waals surface area contributed by atoms with E-state index in [9.17, 15) is 4.79 Å². The summed E-state index contributed by atoms with van der Waals surface area (Å²) in [6.07, 6.45) is 5.57. The molecule has 3 saturated carbocycles. The van der Waals surface area contributed by atoms with E-state index in [1.807, 2.05) is 22.9 Å². The predicted molar refractivity (Wildman–Crippen MR) is 143 cm³/mol. The first-order valence-electron chi connectivity index (χ1n) is 12.9. The summed E-state index contributed by atoms with van der Waals surface area (Å²) in [6, 6.07) is 10.0. The van der Waals surface area contributed by atoms with E-state index in [0.717, 1.165) is 78.1 Å². The highest BCUT2D eigenvalue weighted by Crippen LogP contribution is 2.58. The average molecular weight is 488 g/mol. The summed E-state index contributed by atoms with van der Waals surface area (Å²) in [5.74, 6) is 0.225. The van der Waals surface area contributed by atoms with Gasteiger partial charge in [0.05, 0.1) is 41.0 Å². The van der Waals surface area contributed by atoms with Crippen LogP contribution in [0.2, 0.25) is 0 Å². The maximum Gasteiger partial charge on any atom is 0.311 e. The van der Waals surface area contributed by atoms with Gasteiger partial charge in [0.2, 0.25) is 0 Å². The highest BCUT2D eigenvalue weighted by Gasteiger charge is 2.54. The Labute approximate surface area is 213 Å². The van der Waals surface area contributed by atoms with Crippen LogP contribution in [0.3, 0.4) is 0 Å². The van der Waals surface area contributed by atoms with Crippen LogP contribution in [-0.2, 0) is 14.9 Å². The average Bonchev–Trinajstić information content (AvgIpc) is 3.22. The Morgan fingerprint density at radius 2 is 1.69 bits per heavy atom. The van der Waals surface area contributed by atoms with Crippen molar-refractivity contribution in [1.29, 1.82) is 0 Å². The highest BCUT2D eigenvalue weighted by molar-refractivity contribution is 5.84. The molecule has 4 N–H and O–H groups in total.